The SMILES string of the molecule is C#CCCCNC(=O)c1c[nH]ccc1=O. The van der Waals surface area contributed by atoms with Crippen molar-refractivity contribution < 1.29 is 4.79 Å². The van der Waals surface area contributed by atoms with Gasteiger partial charge in [-0.15, -0.1) is 12.3 Å². The van der Waals surface area contributed by atoms with Gasteiger partial charge in [-0.3, -0.25) is 9.59 Å². The van der Waals surface area contributed by atoms with Crippen molar-refractivity contribution in [2.24, 2.45) is 0 Å². The van der Waals surface area contributed by atoms with E-state index in [1.807, 2.05) is 0 Å². The molecule has 0 aromatic carbocycles. The average molecular weight is 204 g/mol. The lowest BCUT2D eigenvalue weighted by molar-refractivity contribution is 0.0952. The van der Waals surface area contributed by atoms with Gasteiger partial charge in [0.15, 0.2) is 5.43 Å². The monoisotopic (exact) mass is 204 g/mol. The van der Waals surface area contributed by atoms with E-state index in [1.54, 1.807) is 0 Å². The van der Waals surface area contributed by atoms with Crippen LogP contribution in [0.15, 0.2) is 23.3 Å². The van der Waals surface area contributed by atoms with Gasteiger partial charge in [-0.05, 0) is 6.42 Å². The Labute approximate surface area is 87.7 Å². The van der Waals surface area contributed by atoms with E-state index in [9.17, 15) is 9.59 Å². The molecule has 1 aromatic heterocycles. The molecule has 1 heterocycles. The zero-order chi connectivity index (χ0) is 11.1. The minimum atomic E-state index is -0.367. The van der Waals surface area contributed by atoms with Gasteiger partial charge in [-0.25, -0.2) is 0 Å². The summed E-state index contributed by atoms with van der Waals surface area (Å²) < 4.78 is 0. The van der Waals surface area contributed by atoms with Gasteiger partial charge in [-0.1, -0.05) is 0 Å². The van der Waals surface area contributed by atoms with Crippen LogP contribution in [0.2, 0.25) is 0 Å². The third-order valence-corrected chi connectivity index (χ3v) is 1.85. The van der Waals surface area contributed by atoms with Crippen molar-refractivity contribution in [1.29, 1.82) is 0 Å². The van der Waals surface area contributed by atoms with Gasteiger partial charge >= 0.3 is 0 Å². The topological polar surface area (TPSA) is 62.0 Å². The van der Waals surface area contributed by atoms with E-state index in [4.69, 9.17) is 6.42 Å². The molecule has 0 unspecified atom stereocenters. The number of aromatic amines is 1. The van der Waals surface area contributed by atoms with Crippen LogP contribution in [-0.4, -0.2) is 17.4 Å². The number of terminal acetylenes is 1. The fraction of sp³-hybridized carbons (Fsp3) is 0.273. The standard InChI is InChI=1S/C11H12N2O2/c1-2-3-4-6-13-11(15)9-8-12-7-5-10(9)14/h1,5,7-8H,3-4,6H2,(H,12,14)(H,13,15). The summed E-state index contributed by atoms with van der Waals surface area (Å²) in [6, 6.07) is 1.32. The summed E-state index contributed by atoms with van der Waals surface area (Å²) in [6.07, 6.45) is 9.27. The predicted octanol–water partition coefficient (Wildman–Crippen LogP) is 0.518. The first-order chi connectivity index (χ1) is 7.25. The summed E-state index contributed by atoms with van der Waals surface area (Å²) in [4.78, 5) is 25.4. The van der Waals surface area contributed by atoms with Gasteiger partial charge in [0.1, 0.15) is 5.56 Å². The number of carbonyl (C=O) groups excluding carboxylic acids is 1. The molecular formula is C11H12N2O2. The van der Waals surface area contributed by atoms with Gasteiger partial charge in [0.25, 0.3) is 5.91 Å². The van der Waals surface area contributed by atoms with Crippen LogP contribution >= 0.6 is 0 Å². The molecule has 78 valence electrons. The van der Waals surface area contributed by atoms with Crippen LogP contribution in [0.1, 0.15) is 23.2 Å². The van der Waals surface area contributed by atoms with Crippen molar-refractivity contribution in [2.75, 3.05) is 6.54 Å². The number of pyridine rings is 1. The van der Waals surface area contributed by atoms with Crippen LogP contribution < -0.4 is 10.7 Å². The molecule has 4 heteroatoms. The lowest BCUT2D eigenvalue weighted by atomic mass is 10.2. The first kappa shape index (κ1) is 11.1. The van der Waals surface area contributed by atoms with Gasteiger partial charge in [0, 0.05) is 31.4 Å². The van der Waals surface area contributed by atoms with Crippen LogP contribution in [0, 0.1) is 12.3 Å². The Hall–Kier alpha value is -2.02. The van der Waals surface area contributed by atoms with E-state index >= 15 is 0 Å². The highest BCUT2D eigenvalue weighted by molar-refractivity contribution is 5.93. The van der Waals surface area contributed by atoms with Crippen molar-refractivity contribution in [3.8, 4) is 12.3 Å². The number of H-pyrrole nitrogens is 1. The number of unbranched alkanes of at least 4 members (excludes halogenated alkanes) is 1. The molecule has 0 spiro atoms. The molecule has 0 saturated carbocycles. The summed E-state index contributed by atoms with van der Waals surface area (Å²) in [7, 11) is 0. The number of carbonyl (C=O) groups is 1. The number of rotatable bonds is 4. The lowest BCUT2D eigenvalue weighted by Crippen LogP contribution is -2.29. The molecule has 0 atom stereocenters. The molecule has 0 bridgehead atoms. The Kier molecular flexibility index (Phi) is 4.17. The second-order valence-corrected chi connectivity index (χ2v) is 2.99. The average Bonchev–Trinajstić information content (AvgIpc) is 2.25. The van der Waals surface area contributed by atoms with E-state index in [2.05, 4.69) is 16.2 Å². The van der Waals surface area contributed by atoms with Crippen molar-refractivity contribution >= 4 is 5.91 Å². The minimum Gasteiger partial charge on any atom is -0.367 e. The van der Waals surface area contributed by atoms with Crippen molar-refractivity contribution in [3.63, 3.8) is 0 Å². The molecule has 2 N–H and O–H groups in total. The van der Waals surface area contributed by atoms with Crippen LogP contribution in [0.5, 0.6) is 0 Å². The highest BCUT2D eigenvalue weighted by Crippen LogP contribution is 1.89. The van der Waals surface area contributed by atoms with Crippen LogP contribution in [0.25, 0.3) is 0 Å². The Morgan fingerprint density at radius 2 is 2.40 bits per heavy atom. The molecule has 0 aliphatic carbocycles. The van der Waals surface area contributed by atoms with Crippen LogP contribution in [0.3, 0.4) is 0 Å². The van der Waals surface area contributed by atoms with Gasteiger partial charge < -0.3 is 10.3 Å². The predicted molar refractivity (Wildman–Crippen MR) is 57.5 cm³/mol. The quantitative estimate of drug-likeness (QED) is 0.554. The van der Waals surface area contributed by atoms with Crippen molar-refractivity contribution in [3.05, 3.63) is 34.2 Å². The molecule has 0 aliphatic rings. The zero-order valence-electron chi connectivity index (χ0n) is 8.25. The fourth-order valence-corrected chi connectivity index (χ4v) is 1.08. The Balaban J connectivity index is 2.52. The minimum absolute atomic E-state index is 0.123. The molecule has 15 heavy (non-hydrogen) atoms. The maximum absolute atomic E-state index is 11.4. The molecular weight excluding hydrogens is 192 g/mol. The molecule has 1 aromatic rings. The largest absolute Gasteiger partial charge is 0.367 e. The van der Waals surface area contributed by atoms with E-state index in [-0.39, 0.29) is 16.9 Å². The second-order valence-electron chi connectivity index (χ2n) is 2.99. The Morgan fingerprint density at radius 1 is 1.60 bits per heavy atom. The first-order valence-corrected chi connectivity index (χ1v) is 4.64. The van der Waals surface area contributed by atoms with E-state index in [0.29, 0.717) is 19.4 Å². The zero-order valence-corrected chi connectivity index (χ0v) is 8.25. The molecule has 0 saturated heterocycles. The lowest BCUT2D eigenvalue weighted by Gasteiger charge is -2.02. The van der Waals surface area contributed by atoms with E-state index < -0.39 is 0 Å². The normalized spacial score (nSPS) is 9.27. The van der Waals surface area contributed by atoms with E-state index in [0.717, 1.165) is 0 Å². The number of hydrogen-bond donors (Lipinski definition) is 2. The first-order valence-electron chi connectivity index (χ1n) is 4.64. The van der Waals surface area contributed by atoms with Crippen LogP contribution in [-0.2, 0) is 0 Å². The summed E-state index contributed by atoms with van der Waals surface area (Å²) in [6.45, 7) is 0.483. The third-order valence-electron chi connectivity index (χ3n) is 1.85. The van der Waals surface area contributed by atoms with Crippen molar-refractivity contribution in [2.45, 2.75) is 12.8 Å². The van der Waals surface area contributed by atoms with Gasteiger partial charge in [0.05, 0.1) is 0 Å². The summed E-state index contributed by atoms with van der Waals surface area (Å²) in [5, 5.41) is 2.62. The summed E-state index contributed by atoms with van der Waals surface area (Å²) in [5.74, 6) is 2.11. The van der Waals surface area contributed by atoms with Gasteiger partial charge in [0.2, 0.25) is 0 Å². The molecule has 0 fully saturated rings. The smallest absolute Gasteiger partial charge is 0.256 e. The fourth-order valence-electron chi connectivity index (χ4n) is 1.08. The summed E-state index contributed by atoms with van der Waals surface area (Å²) in [5.41, 5.74) is -0.165. The molecule has 1 rings (SSSR count). The number of aromatic nitrogens is 1. The Bertz CT molecular complexity index is 429. The molecule has 0 radical (unpaired) electrons. The van der Waals surface area contributed by atoms with E-state index in [1.165, 1.54) is 18.5 Å². The maximum Gasteiger partial charge on any atom is 0.256 e. The molecule has 1 amide bonds. The number of amides is 1. The second kappa shape index (κ2) is 5.66. The van der Waals surface area contributed by atoms with Gasteiger partial charge in [-0.2, -0.15) is 0 Å². The Morgan fingerprint density at radius 3 is 3.07 bits per heavy atom. The van der Waals surface area contributed by atoms with Crippen LogP contribution in [0.4, 0.5) is 0 Å². The molecule has 0 aliphatic heterocycles. The maximum atomic E-state index is 11.4. The highest BCUT2D eigenvalue weighted by Gasteiger charge is 2.07. The number of hydrogen-bond acceptors (Lipinski definition) is 2. The number of nitrogens with one attached hydrogen (secondary N) is 2. The molecule has 4 nitrogen and oxygen atoms in total. The van der Waals surface area contributed by atoms with Crippen molar-refractivity contribution in [1.82, 2.24) is 10.3 Å². The third kappa shape index (κ3) is 3.31. The summed E-state index contributed by atoms with van der Waals surface area (Å²) >= 11 is 0. The highest BCUT2D eigenvalue weighted by atomic mass is 16.2.